The molecule has 0 aliphatic carbocycles. The number of nitriles is 1. The molecule has 0 N–H and O–H groups in total. The Morgan fingerprint density at radius 1 is 1.27 bits per heavy atom. The van der Waals surface area contributed by atoms with Crippen LogP contribution in [0.2, 0.25) is 0 Å². The number of tetrazole rings is 1. The van der Waals surface area contributed by atoms with Gasteiger partial charge >= 0.3 is 0 Å². The van der Waals surface area contributed by atoms with Crippen LogP contribution >= 0.6 is 0 Å². The third-order valence-electron chi connectivity index (χ3n) is 2.03. The van der Waals surface area contributed by atoms with Gasteiger partial charge in [-0.3, -0.25) is 0 Å². The van der Waals surface area contributed by atoms with E-state index < -0.39 is 0 Å². The van der Waals surface area contributed by atoms with Gasteiger partial charge < -0.3 is 0 Å². The van der Waals surface area contributed by atoms with E-state index in [0.29, 0.717) is 12.2 Å². The normalized spacial score (nSPS) is 9.80. The predicted molar refractivity (Wildman–Crippen MR) is 52.7 cm³/mol. The van der Waals surface area contributed by atoms with Crippen molar-refractivity contribution in [2.24, 2.45) is 0 Å². The highest BCUT2D eigenvalue weighted by Crippen LogP contribution is 2.05. The van der Waals surface area contributed by atoms with Crippen LogP contribution in [0.5, 0.6) is 0 Å². The van der Waals surface area contributed by atoms with Crippen molar-refractivity contribution in [3.63, 3.8) is 0 Å². The molecule has 0 saturated carbocycles. The number of hydrogen-bond donors (Lipinski definition) is 0. The molecule has 0 unspecified atom stereocenters. The molecule has 74 valence electrons. The van der Waals surface area contributed by atoms with E-state index in [4.69, 9.17) is 5.26 Å². The highest BCUT2D eigenvalue weighted by Gasteiger charge is 2.05. The number of nitrogens with zero attached hydrogens (tertiary/aromatic N) is 5. The Labute approximate surface area is 87.0 Å². The Balaban J connectivity index is 2.18. The summed E-state index contributed by atoms with van der Waals surface area (Å²) in [5.74, 6) is 0.711. The molecule has 0 spiro atoms. The quantitative estimate of drug-likeness (QED) is 0.732. The van der Waals surface area contributed by atoms with Crippen LogP contribution in [-0.4, -0.2) is 20.2 Å². The summed E-state index contributed by atoms with van der Waals surface area (Å²) in [6.45, 7) is 0.190. The lowest BCUT2D eigenvalue weighted by molar-refractivity contribution is 0.642. The first kappa shape index (κ1) is 9.34. The van der Waals surface area contributed by atoms with Crippen molar-refractivity contribution in [1.29, 1.82) is 5.26 Å². The molecular weight excluding hydrogens is 190 g/mol. The van der Waals surface area contributed by atoms with Gasteiger partial charge in [-0.1, -0.05) is 30.3 Å². The average molecular weight is 199 g/mol. The fourth-order valence-corrected chi connectivity index (χ4v) is 1.32. The zero-order chi connectivity index (χ0) is 10.5. The van der Waals surface area contributed by atoms with Gasteiger partial charge in [0.05, 0.1) is 6.07 Å². The van der Waals surface area contributed by atoms with E-state index in [2.05, 4.69) is 15.5 Å². The Morgan fingerprint density at radius 2 is 2.07 bits per heavy atom. The van der Waals surface area contributed by atoms with Crippen LogP contribution in [0.3, 0.4) is 0 Å². The molecular formula is C10H9N5. The zero-order valence-electron chi connectivity index (χ0n) is 8.04. The number of hydrogen-bond acceptors (Lipinski definition) is 4. The summed E-state index contributed by atoms with van der Waals surface area (Å²) in [6.07, 6.45) is 0.648. The van der Waals surface area contributed by atoms with Gasteiger partial charge in [-0.05, 0) is 16.0 Å². The van der Waals surface area contributed by atoms with Gasteiger partial charge in [-0.2, -0.15) is 5.26 Å². The summed E-state index contributed by atoms with van der Waals surface area (Å²) >= 11 is 0. The molecule has 1 aromatic carbocycles. The van der Waals surface area contributed by atoms with Gasteiger partial charge in [0.2, 0.25) is 0 Å². The summed E-state index contributed by atoms with van der Waals surface area (Å²) in [5, 5.41) is 19.7. The third kappa shape index (κ3) is 2.17. The topological polar surface area (TPSA) is 67.4 Å². The second kappa shape index (κ2) is 4.33. The summed E-state index contributed by atoms with van der Waals surface area (Å²) in [7, 11) is 0. The van der Waals surface area contributed by atoms with E-state index in [1.54, 1.807) is 0 Å². The lowest BCUT2D eigenvalue weighted by Crippen LogP contribution is -2.05. The molecule has 5 heteroatoms. The molecule has 0 amide bonds. The first-order valence-electron chi connectivity index (χ1n) is 4.56. The van der Waals surface area contributed by atoms with Crippen molar-refractivity contribution in [1.82, 2.24) is 20.2 Å². The average Bonchev–Trinajstić information content (AvgIpc) is 2.68. The fraction of sp³-hybridized carbons (Fsp3) is 0.200. The molecule has 1 aromatic heterocycles. The maximum atomic E-state index is 8.56. The van der Waals surface area contributed by atoms with Crippen LogP contribution in [0.25, 0.3) is 0 Å². The zero-order valence-corrected chi connectivity index (χ0v) is 8.04. The molecule has 5 nitrogen and oxygen atoms in total. The van der Waals surface area contributed by atoms with E-state index >= 15 is 0 Å². The summed E-state index contributed by atoms with van der Waals surface area (Å²) in [4.78, 5) is 0. The Hall–Kier alpha value is -2.22. The van der Waals surface area contributed by atoms with E-state index in [1.807, 2.05) is 36.4 Å². The third-order valence-corrected chi connectivity index (χ3v) is 2.03. The maximum absolute atomic E-state index is 8.56. The minimum atomic E-state index is 0.190. The Kier molecular flexibility index (Phi) is 2.70. The number of benzene rings is 1. The largest absolute Gasteiger partial charge is 0.215 e. The van der Waals surface area contributed by atoms with E-state index in [1.165, 1.54) is 4.68 Å². The molecule has 0 saturated heterocycles. The molecule has 2 aromatic rings. The molecule has 2 rings (SSSR count). The second-order valence-electron chi connectivity index (χ2n) is 3.07. The monoisotopic (exact) mass is 199 g/mol. The van der Waals surface area contributed by atoms with Gasteiger partial charge in [-0.15, -0.1) is 5.10 Å². The van der Waals surface area contributed by atoms with Crippen LogP contribution in [0.15, 0.2) is 30.3 Å². The molecule has 0 bridgehead atoms. The van der Waals surface area contributed by atoms with Crippen LogP contribution < -0.4 is 0 Å². The first-order chi connectivity index (χ1) is 7.40. The van der Waals surface area contributed by atoms with Crippen LogP contribution in [0.1, 0.15) is 11.4 Å². The first-order valence-corrected chi connectivity index (χ1v) is 4.56. The Morgan fingerprint density at radius 3 is 2.80 bits per heavy atom. The van der Waals surface area contributed by atoms with Gasteiger partial charge in [0.1, 0.15) is 6.54 Å². The van der Waals surface area contributed by atoms with E-state index in [0.717, 1.165) is 5.56 Å². The summed E-state index contributed by atoms with van der Waals surface area (Å²) < 4.78 is 1.51. The lowest BCUT2D eigenvalue weighted by Gasteiger charge is -1.99. The highest BCUT2D eigenvalue weighted by molar-refractivity contribution is 5.18. The number of aromatic nitrogens is 4. The Bertz CT molecular complexity index is 468. The van der Waals surface area contributed by atoms with Crippen molar-refractivity contribution in [3.05, 3.63) is 41.7 Å². The van der Waals surface area contributed by atoms with Crippen LogP contribution in [0.4, 0.5) is 0 Å². The smallest absolute Gasteiger partial charge is 0.156 e. The SMILES string of the molecule is N#CCn1nnnc1Cc1ccccc1. The molecule has 0 aliphatic rings. The minimum absolute atomic E-state index is 0.190. The summed E-state index contributed by atoms with van der Waals surface area (Å²) in [6, 6.07) is 11.9. The fourth-order valence-electron chi connectivity index (χ4n) is 1.32. The van der Waals surface area contributed by atoms with E-state index in [9.17, 15) is 0 Å². The van der Waals surface area contributed by atoms with Crippen molar-refractivity contribution in [2.75, 3.05) is 0 Å². The van der Waals surface area contributed by atoms with Crippen molar-refractivity contribution >= 4 is 0 Å². The van der Waals surface area contributed by atoms with Crippen molar-refractivity contribution in [2.45, 2.75) is 13.0 Å². The lowest BCUT2D eigenvalue weighted by atomic mass is 10.1. The molecule has 1 heterocycles. The van der Waals surface area contributed by atoms with Crippen molar-refractivity contribution < 1.29 is 0 Å². The minimum Gasteiger partial charge on any atom is -0.215 e. The van der Waals surface area contributed by atoms with Gasteiger partial charge in [-0.25, -0.2) is 4.68 Å². The van der Waals surface area contributed by atoms with Gasteiger partial charge in [0.25, 0.3) is 0 Å². The predicted octanol–water partition coefficient (Wildman–Crippen LogP) is 0.787. The highest BCUT2D eigenvalue weighted by atomic mass is 15.5. The second-order valence-corrected chi connectivity index (χ2v) is 3.07. The molecule has 0 radical (unpaired) electrons. The molecule has 0 atom stereocenters. The molecule has 0 fully saturated rings. The van der Waals surface area contributed by atoms with E-state index in [-0.39, 0.29) is 6.54 Å². The number of rotatable bonds is 3. The van der Waals surface area contributed by atoms with Gasteiger partial charge in [0.15, 0.2) is 5.82 Å². The van der Waals surface area contributed by atoms with Crippen molar-refractivity contribution in [3.8, 4) is 6.07 Å². The van der Waals surface area contributed by atoms with Crippen LogP contribution in [-0.2, 0) is 13.0 Å². The molecule has 0 aliphatic heterocycles. The van der Waals surface area contributed by atoms with Crippen LogP contribution in [0, 0.1) is 11.3 Å². The standard InChI is InChI=1S/C10H9N5/c11-6-7-15-10(12-13-14-15)8-9-4-2-1-3-5-9/h1-5H,7-8H2. The maximum Gasteiger partial charge on any atom is 0.156 e. The summed E-state index contributed by atoms with van der Waals surface area (Å²) in [5.41, 5.74) is 1.13. The molecule has 15 heavy (non-hydrogen) atoms. The van der Waals surface area contributed by atoms with Gasteiger partial charge in [0, 0.05) is 6.42 Å².